The lowest BCUT2D eigenvalue weighted by Gasteiger charge is -2.24. The highest BCUT2D eigenvalue weighted by Gasteiger charge is 2.27. The maximum atomic E-state index is 12.9. The second-order valence-corrected chi connectivity index (χ2v) is 19.4. The molecule has 0 bridgehead atoms. The van der Waals surface area contributed by atoms with Crippen LogP contribution >= 0.6 is 7.82 Å². The number of amides is 1. The molecular weight excluding hydrogens is 772 g/mol. The molecule has 60 heavy (non-hydrogen) atoms. The van der Waals surface area contributed by atoms with Crippen molar-refractivity contribution in [2.24, 2.45) is 5.73 Å². The van der Waals surface area contributed by atoms with Crippen molar-refractivity contribution in [1.82, 2.24) is 5.32 Å². The molecular formula is C50H101N2O7P. The standard InChI is InChI=1S/C50H101N2O7P/c1-3-5-7-9-11-13-15-17-19-21-22-23-24-26-27-29-31-33-35-37-39-41-47(53)45-50(55)52-48(46-59-60(56,57)58-44-43-51)49(54)42-40-38-36-34-32-30-28-25-20-18-16-14-12-10-8-6-4-2/h40,42,47-49,53-54H,3-39,41,43-46,51H2,1-2H3,(H,52,55)(H,56,57)/b42-40+. The average Bonchev–Trinajstić information content (AvgIpc) is 3.23. The van der Waals surface area contributed by atoms with E-state index < -0.39 is 38.6 Å². The van der Waals surface area contributed by atoms with Gasteiger partial charge < -0.3 is 26.2 Å². The quantitative estimate of drug-likeness (QED) is 0.0230. The summed E-state index contributed by atoms with van der Waals surface area (Å²) in [6.07, 6.45) is 50.2. The second kappa shape index (κ2) is 46.2. The summed E-state index contributed by atoms with van der Waals surface area (Å²) in [4.78, 5) is 22.9. The number of allylic oxidation sites excluding steroid dienone is 1. The highest BCUT2D eigenvalue weighted by Crippen LogP contribution is 2.43. The van der Waals surface area contributed by atoms with Crippen LogP contribution in [0.3, 0.4) is 0 Å². The molecule has 4 unspecified atom stereocenters. The van der Waals surface area contributed by atoms with E-state index in [1.807, 2.05) is 6.08 Å². The first-order valence-electron chi connectivity index (χ1n) is 25.9. The predicted octanol–water partition coefficient (Wildman–Crippen LogP) is 14.1. The Morgan fingerprint density at radius 1 is 0.567 bits per heavy atom. The van der Waals surface area contributed by atoms with Crippen molar-refractivity contribution in [3.8, 4) is 0 Å². The summed E-state index contributed by atoms with van der Waals surface area (Å²) in [5.74, 6) is -0.440. The Bertz CT molecular complexity index is 971. The molecule has 0 aliphatic rings. The molecule has 0 aromatic rings. The van der Waals surface area contributed by atoms with Crippen LogP contribution in [0.1, 0.15) is 264 Å². The molecule has 10 heteroatoms. The number of hydrogen-bond acceptors (Lipinski definition) is 7. The lowest BCUT2D eigenvalue weighted by molar-refractivity contribution is -0.124. The number of nitrogens with one attached hydrogen (secondary N) is 1. The maximum absolute atomic E-state index is 12.9. The van der Waals surface area contributed by atoms with E-state index in [0.717, 1.165) is 38.5 Å². The van der Waals surface area contributed by atoms with E-state index in [1.165, 1.54) is 199 Å². The van der Waals surface area contributed by atoms with E-state index in [2.05, 4.69) is 19.2 Å². The molecule has 0 aromatic heterocycles. The minimum absolute atomic E-state index is 0.0518. The molecule has 0 radical (unpaired) electrons. The highest BCUT2D eigenvalue weighted by molar-refractivity contribution is 7.47. The fraction of sp³-hybridized carbons (Fsp3) is 0.940. The van der Waals surface area contributed by atoms with E-state index in [-0.39, 0.29) is 19.6 Å². The average molecular weight is 873 g/mol. The van der Waals surface area contributed by atoms with Crippen LogP contribution in [-0.4, -0.2) is 59.0 Å². The fourth-order valence-electron chi connectivity index (χ4n) is 8.00. The number of nitrogens with two attached hydrogens (primary N) is 1. The Balaban J connectivity index is 4.14. The van der Waals surface area contributed by atoms with Gasteiger partial charge in [-0.2, -0.15) is 0 Å². The predicted molar refractivity (Wildman–Crippen MR) is 255 cm³/mol. The number of carbonyl (C=O) groups excluding carboxylic acids is 1. The smallest absolute Gasteiger partial charge is 0.393 e. The minimum Gasteiger partial charge on any atom is -0.393 e. The fourth-order valence-corrected chi connectivity index (χ4v) is 8.76. The number of unbranched alkanes of at least 4 members (excludes halogenated alkanes) is 35. The van der Waals surface area contributed by atoms with E-state index in [0.29, 0.717) is 6.42 Å². The lowest BCUT2D eigenvalue weighted by atomic mass is 10.0. The van der Waals surface area contributed by atoms with Crippen LogP contribution in [0.15, 0.2) is 12.2 Å². The van der Waals surface area contributed by atoms with Crippen LogP contribution in [0.4, 0.5) is 0 Å². The monoisotopic (exact) mass is 873 g/mol. The SMILES string of the molecule is CCCCCCCCCCCCCCCCC/C=C/C(O)C(COP(=O)(O)OCCN)NC(=O)CC(O)CCCCCCCCCCCCCCCCCCCCCCC. The molecule has 0 saturated carbocycles. The maximum Gasteiger partial charge on any atom is 0.472 e. The van der Waals surface area contributed by atoms with Gasteiger partial charge in [0.1, 0.15) is 0 Å². The van der Waals surface area contributed by atoms with Crippen LogP contribution in [0.25, 0.3) is 0 Å². The van der Waals surface area contributed by atoms with Gasteiger partial charge in [-0.05, 0) is 19.3 Å². The number of phosphoric ester groups is 1. The Morgan fingerprint density at radius 3 is 1.28 bits per heavy atom. The van der Waals surface area contributed by atoms with Gasteiger partial charge in [0.15, 0.2) is 0 Å². The number of aliphatic hydroxyl groups excluding tert-OH is 2. The normalized spacial score (nSPS) is 14.4. The zero-order valence-corrected chi connectivity index (χ0v) is 40.5. The van der Waals surface area contributed by atoms with E-state index in [9.17, 15) is 24.5 Å². The molecule has 358 valence electrons. The van der Waals surface area contributed by atoms with Crippen molar-refractivity contribution in [3.63, 3.8) is 0 Å². The van der Waals surface area contributed by atoms with Crippen molar-refractivity contribution in [2.45, 2.75) is 283 Å². The Labute approximate surface area is 371 Å². The topological polar surface area (TPSA) is 151 Å². The summed E-state index contributed by atoms with van der Waals surface area (Å²) in [5, 5.41) is 24.2. The van der Waals surface area contributed by atoms with Gasteiger partial charge in [-0.15, -0.1) is 0 Å². The van der Waals surface area contributed by atoms with Crippen molar-refractivity contribution in [1.29, 1.82) is 0 Å². The molecule has 9 nitrogen and oxygen atoms in total. The van der Waals surface area contributed by atoms with Crippen LogP contribution in [0.5, 0.6) is 0 Å². The van der Waals surface area contributed by atoms with Gasteiger partial charge >= 0.3 is 7.82 Å². The second-order valence-electron chi connectivity index (χ2n) is 17.9. The van der Waals surface area contributed by atoms with Gasteiger partial charge in [0.2, 0.25) is 5.91 Å². The van der Waals surface area contributed by atoms with E-state index in [1.54, 1.807) is 6.08 Å². The number of hydrogen-bond donors (Lipinski definition) is 5. The largest absolute Gasteiger partial charge is 0.472 e. The third-order valence-electron chi connectivity index (χ3n) is 11.9. The molecule has 0 aromatic carbocycles. The van der Waals surface area contributed by atoms with Crippen molar-refractivity contribution in [3.05, 3.63) is 12.2 Å². The zero-order valence-electron chi connectivity index (χ0n) is 39.6. The number of rotatable bonds is 49. The summed E-state index contributed by atoms with van der Waals surface area (Å²) in [5.41, 5.74) is 5.38. The third-order valence-corrected chi connectivity index (χ3v) is 12.9. The zero-order chi connectivity index (χ0) is 44.0. The van der Waals surface area contributed by atoms with E-state index >= 15 is 0 Å². The summed E-state index contributed by atoms with van der Waals surface area (Å²) in [6, 6.07) is -0.978. The minimum atomic E-state index is -4.40. The van der Waals surface area contributed by atoms with Gasteiger partial charge in [0, 0.05) is 6.54 Å². The first-order valence-corrected chi connectivity index (χ1v) is 27.4. The summed E-state index contributed by atoms with van der Waals surface area (Å²) in [6.45, 7) is 4.02. The summed E-state index contributed by atoms with van der Waals surface area (Å²) in [7, 11) is -4.40. The van der Waals surface area contributed by atoms with Crippen LogP contribution in [0.2, 0.25) is 0 Å². The Morgan fingerprint density at radius 2 is 0.917 bits per heavy atom. The van der Waals surface area contributed by atoms with Crippen molar-refractivity contribution >= 4 is 13.7 Å². The van der Waals surface area contributed by atoms with Crippen LogP contribution in [-0.2, 0) is 18.4 Å². The molecule has 0 aliphatic heterocycles. The Hall–Kier alpha value is -0.800. The van der Waals surface area contributed by atoms with E-state index in [4.69, 9.17) is 14.8 Å². The van der Waals surface area contributed by atoms with Crippen molar-refractivity contribution in [2.75, 3.05) is 19.8 Å². The van der Waals surface area contributed by atoms with Gasteiger partial charge in [0.25, 0.3) is 0 Å². The number of carbonyl (C=O) groups is 1. The molecule has 1 amide bonds. The molecule has 0 spiro atoms. The van der Waals surface area contributed by atoms with Crippen LogP contribution in [0, 0.1) is 0 Å². The first kappa shape index (κ1) is 59.2. The highest BCUT2D eigenvalue weighted by atomic mass is 31.2. The molecule has 0 heterocycles. The molecule has 0 aliphatic carbocycles. The van der Waals surface area contributed by atoms with Crippen LogP contribution < -0.4 is 11.1 Å². The van der Waals surface area contributed by atoms with Gasteiger partial charge in [-0.25, -0.2) is 4.57 Å². The molecule has 6 N–H and O–H groups in total. The lowest BCUT2D eigenvalue weighted by Crippen LogP contribution is -2.46. The number of phosphoric acid groups is 1. The molecule has 4 atom stereocenters. The molecule has 0 saturated heterocycles. The number of aliphatic hydroxyl groups is 2. The molecule has 0 fully saturated rings. The Kier molecular flexibility index (Phi) is 45.6. The third kappa shape index (κ3) is 43.8. The van der Waals surface area contributed by atoms with Gasteiger partial charge in [-0.3, -0.25) is 13.8 Å². The summed E-state index contributed by atoms with van der Waals surface area (Å²) < 4.78 is 22.2. The first-order chi connectivity index (χ1) is 29.3. The van der Waals surface area contributed by atoms with Crippen molar-refractivity contribution < 1.29 is 33.5 Å². The van der Waals surface area contributed by atoms with Gasteiger partial charge in [0.05, 0.1) is 37.9 Å². The summed E-state index contributed by atoms with van der Waals surface area (Å²) >= 11 is 0. The molecule has 0 rings (SSSR count). The van der Waals surface area contributed by atoms with Gasteiger partial charge in [-0.1, -0.05) is 251 Å².